The van der Waals surface area contributed by atoms with Crippen LogP contribution in [0.4, 0.5) is 9.59 Å². The molecule has 56 heavy (non-hydrogen) atoms. The Bertz CT molecular complexity index is 2040. The summed E-state index contributed by atoms with van der Waals surface area (Å²) in [7, 11) is -4.51. The van der Waals surface area contributed by atoms with Crippen LogP contribution in [0.15, 0.2) is 41.3 Å². The molecule has 3 N–H and O–H groups in total. The molecule has 4 aliphatic rings. The van der Waals surface area contributed by atoms with E-state index < -0.39 is 80.1 Å². The number of hydrogen-bond donors (Lipinski definition) is 3. The summed E-state index contributed by atoms with van der Waals surface area (Å²) in [4.78, 5) is 71.3. The third-order valence-electron chi connectivity index (χ3n) is 9.78. The third-order valence-corrected chi connectivity index (χ3v) is 13.2. The number of sulfonamides is 1. The molecule has 1 aromatic carbocycles. The Hall–Kier alpha value is -3.61. The van der Waals surface area contributed by atoms with Crippen molar-refractivity contribution in [2.24, 2.45) is 5.92 Å². The molecule has 2 fully saturated rings. The number of nitrogens with zero attached hydrogens (tertiary/aromatic N) is 2. The maximum atomic E-state index is 14.4. The fraction of sp³-hybridized carbons (Fsp3) is 0.528. The van der Waals surface area contributed by atoms with Gasteiger partial charge in [0.2, 0.25) is 11.8 Å². The van der Waals surface area contributed by atoms with Crippen molar-refractivity contribution in [1.29, 1.82) is 0 Å². The number of amides is 5. The maximum Gasteiger partial charge on any atom is 0.410 e. The van der Waals surface area contributed by atoms with Crippen LogP contribution in [-0.2, 0) is 51.7 Å². The highest BCUT2D eigenvalue weighted by atomic mass is 35.5. The second-order valence-corrected chi connectivity index (χ2v) is 19.4. The number of nitrogens with one attached hydrogen (secondary N) is 3. The molecule has 5 amide bonds. The number of hydrogen-bond acceptors (Lipinski definition) is 11. The first-order valence-electron chi connectivity index (χ1n) is 18.0. The lowest BCUT2D eigenvalue weighted by atomic mass is 10.1. The van der Waals surface area contributed by atoms with E-state index in [2.05, 4.69) is 10.6 Å². The van der Waals surface area contributed by atoms with Gasteiger partial charge >= 0.3 is 12.2 Å². The zero-order chi connectivity index (χ0) is 40.6. The number of allylic oxidation sites excluding steroid dienone is 1. The first-order valence-corrected chi connectivity index (χ1v) is 21.4. The van der Waals surface area contributed by atoms with Crippen LogP contribution in [0.2, 0.25) is 13.7 Å². The molecule has 0 unspecified atom stereocenters. The smallest absolute Gasteiger partial charge is 0.410 e. The normalized spacial score (nSPS) is 26.3. The predicted molar refractivity (Wildman–Crippen MR) is 207 cm³/mol. The van der Waals surface area contributed by atoms with Crippen molar-refractivity contribution in [3.8, 4) is 0 Å². The Labute approximate surface area is 343 Å². The zero-order valence-corrected chi connectivity index (χ0v) is 34.7. The number of ether oxygens (including phenoxy) is 3. The molecule has 5 atom stereocenters. The van der Waals surface area contributed by atoms with Crippen LogP contribution in [0.25, 0.3) is 0 Å². The van der Waals surface area contributed by atoms with Gasteiger partial charge in [-0.25, -0.2) is 22.7 Å². The van der Waals surface area contributed by atoms with Crippen LogP contribution in [0, 0.1) is 5.92 Å². The van der Waals surface area contributed by atoms with Crippen molar-refractivity contribution in [2.75, 3.05) is 19.8 Å². The minimum atomic E-state index is -4.51. The molecule has 1 aliphatic carbocycles. The van der Waals surface area contributed by atoms with Gasteiger partial charge in [-0.15, -0.1) is 11.3 Å². The molecule has 1 saturated heterocycles. The second-order valence-electron chi connectivity index (χ2n) is 15.0. The molecule has 2 aromatic rings. The first kappa shape index (κ1) is 42.0. The second kappa shape index (κ2) is 16.7. The van der Waals surface area contributed by atoms with E-state index in [1.54, 1.807) is 39.0 Å². The van der Waals surface area contributed by atoms with Gasteiger partial charge in [-0.3, -0.25) is 19.3 Å². The van der Waals surface area contributed by atoms with Gasteiger partial charge in [-0.2, -0.15) is 0 Å². The molecule has 0 radical (unpaired) electrons. The van der Waals surface area contributed by atoms with Gasteiger partial charge in [0.15, 0.2) is 0 Å². The maximum absolute atomic E-state index is 14.4. The molecule has 15 nitrogen and oxygen atoms in total. The molecule has 0 spiro atoms. The van der Waals surface area contributed by atoms with Crippen LogP contribution in [0.1, 0.15) is 64.0 Å². The van der Waals surface area contributed by atoms with Gasteiger partial charge in [0, 0.05) is 43.5 Å². The van der Waals surface area contributed by atoms with Crippen LogP contribution in [-0.4, -0.2) is 97.2 Å². The molecule has 1 aromatic heterocycles. The molecular formula is C36H42Cl3N5O10S2. The molecule has 3 aliphatic heterocycles. The van der Waals surface area contributed by atoms with E-state index in [1.165, 1.54) is 9.80 Å². The monoisotopic (exact) mass is 873 g/mol. The Morgan fingerprint density at radius 2 is 1.88 bits per heavy atom. The van der Waals surface area contributed by atoms with E-state index in [-0.39, 0.29) is 54.2 Å². The average molecular weight is 875 g/mol. The molecule has 20 heteroatoms. The summed E-state index contributed by atoms with van der Waals surface area (Å²) in [6, 6.07) is 3.97. The van der Waals surface area contributed by atoms with Crippen LogP contribution >= 0.6 is 46.1 Å². The topological polar surface area (TPSA) is 190 Å². The number of carbonyl (C=O) groups excluding carboxylic acids is 5. The Balaban J connectivity index is 1.28. The summed E-state index contributed by atoms with van der Waals surface area (Å²) in [5.41, 5.74) is -0.954. The molecule has 1 saturated carbocycles. The molecule has 6 rings (SSSR count). The summed E-state index contributed by atoms with van der Waals surface area (Å²) in [6.07, 6.45) is 2.05. The van der Waals surface area contributed by atoms with Gasteiger partial charge in [-0.05, 0) is 63.3 Å². The number of halogens is 3. The van der Waals surface area contributed by atoms with Gasteiger partial charge in [0.05, 0.1) is 17.4 Å². The quantitative estimate of drug-likeness (QED) is 0.339. The van der Waals surface area contributed by atoms with E-state index in [0.29, 0.717) is 24.5 Å². The molecule has 4 heterocycles. The van der Waals surface area contributed by atoms with Gasteiger partial charge in [0.25, 0.3) is 15.9 Å². The number of benzene rings is 1. The highest BCUT2D eigenvalue weighted by Gasteiger charge is 2.62. The minimum absolute atomic E-state index is 0.0252. The number of thiophene rings is 1. The SMILES string of the molecule is CC(C)(C)OC(=O)N[C@H]1CCOCCC/C=C\[C@H]2C[C@@]2(C(=O)NS(=O)(=O)c2cc(Cl)sc2Cl)NC(=O)[C@@H]2C[C@@H](OC(=O)N3Cc4cccc(Cl)c4C3)CN2C1=O. The zero-order valence-electron chi connectivity index (χ0n) is 30.8. The van der Waals surface area contributed by atoms with Crippen LogP contribution in [0.5, 0.6) is 0 Å². The average Bonchev–Trinajstić information content (AvgIpc) is 3.41. The molecule has 0 bridgehead atoms. The minimum Gasteiger partial charge on any atom is -0.444 e. The summed E-state index contributed by atoms with van der Waals surface area (Å²) in [6.45, 7) is 5.64. The van der Waals surface area contributed by atoms with Crippen LogP contribution < -0.4 is 15.4 Å². The van der Waals surface area contributed by atoms with E-state index in [9.17, 15) is 32.4 Å². The standard InChI is InChI=1S/C36H42Cl3N5O10S2/c1-35(2,3)54-33(48)40-25-11-13-52-12-6-4-5-9-21-16-36(21,32(47)42-56(50,51)27-15-28(38)55-29(27)39)41-30(45)26-14-22(18-44(26)31(25)46)53-34(49)43-17-20-8-7-10-24(37)23(20)19-43/h5,7-10,15,21-22,25-26H,4,6,11-14,16-19H2,1-3H3,(H,40,48)(H,41,45)(H,42,47)/b9-5-/t21-,22+,25-,26-,36+/m0/s1. The summed E-state index contributed by atoms with van der Waals surface area (Å²) in [5, 5.41) is 5.87. The van der Waals surface area contributed by atoms with E-state index in [4.69, 9.17) is 49.0 Å². The van der Waals surface area contributed by atoms with Crippen molar-refractivity contribution in [1.82, 2.24) is 25.2 Å². The lowest BCUT2D eigenvalue weighted by Crippen LogP contribution is -2.58. The lowest BCUT2D eigenvalue weighted by molar-refractivity contribution is -0.141. The largest absolute Gasteiger partial charge is 0.444 e. The van der Waals surface area contributed by atoms with Crippen molar-refractivity contribution in [3.63, 3.8) is 0 Å². The number of carbonyl (C=O) groups is 5. The van der Waals surface area contributed by atoms with Gasteiger partial charge in [-0.1, -0.05) is 59.1 Å². The molecular weight excluding hydrogens is 833 g/mol. The number of alkyl carbamates (subject to hydrolysis) is 1. The van der Waals surface area contributed by atoms with Crippen molar-refractivity contribution in [3.05, 3.63) is 61.2 Å². The van der Waals surface area contributed by atoms with E-state index in [1.807, 2.05) is 16.9 Å². The predicted octanol–water partition coefficient (Wildman–Crippen LogP) is 5.16. The molecule has 304 valence electrons. The summed E-state index contributed by atoms with van der Waals surface area (Å²) >= 11 is 19.3. The lowest BCUT2D eigenvalue weighted by Gasteiger charge is -2.30. The highest BCUT2D eigenvalue weighted by molar-refractivity contribution is 7.90. The number of rotatable bonds is 5. The Morgan fingerprint density at radius 3 is 2.57 bits per heavy atom. The van der Waals surface area contributed by atoms with Gasteiger partial charge in [0.1, 0.15) is 38.6 Å². The van der Waals surface area contributed by atoms with Crippen molar-refractivity contribution < 1.29 is 46.6 Å². The highest BCUT2D eigenvalue weighted by Crippen LogP contribution is 2.46. The summed E-state index contributed by atoms with van der Waals surface area (Å²) in [5.74, 6) is -3.10. The third kappa shape index (κ3) is 9.56. The number of fused-ring (bicyclic) bond motifs is 3. The first-order chi connectivity index (χ1) is 26.4. The fourth-order valence-electron chi connectivity index (χ4n) is 6.94. The van der Waals surface area contributed by atoms with Crippen molar-refractivity contribution in [2.45, 2.75) is 100 Å². The van der Waals surface area contributed by atoms with Crippen LogP contribution in [0.3, 0.4) is 0 Å². The van der Waals surface area contributed by atoms with Gasteiger partial charge < -0.3 is 29.7 Å². The van der Waals surface area contributed by atoms with Crippen molar-refractivity contribution >= 4 is 86.1 Å². The fourth-order valence-corrected chi connectivity index (χ4v) is 10.4. The van der Waals surface area contributed by atoms with E-state index in [0.717, 1.165) is 28.5 Å². The summed E-state index contributed by atoms with van der Waals surface area (Å²) < 4.78 is 45.7. The Kier molecular flexibility index (Phi) is 12.5. The Morgan fingerprint density at radius 1 is 1.11 bits per heavy atom. The van der Waals surface area contributed by atoms with E-state index >= 15 is 0 Å².